The van der Waals surface area contributed by atoms with Crippen molar-refractivity contribution < 1.29 is 23.8 Å². The van der Waals surface area contributed by atoms with Crippen LogP contribution in [0.15, 0.2) is 57.9 Å². The summed E-state index contributed by atoms with van der Waals surface area (Å²) in [5.41, 5.74) is 0.0301. The van der Waals surface area contributed by atoms with Gasteiger partial charge in [0.15, 0.2) is 0 Å². The van der Waals surface area contributed by atoms with E-state index >= 15 is 0 Å². The van der Waals surface area contributed by atoms with Gasteiger partial charge in [0.25, 0.3) is 0 Å². The predicted octanol–water partition coefficient (Wildman–Crippen LogP) is 4.38. The first kappa shape index (κ1) is 18.5. The third-order valence-corrected chi connectivity index (χ3v) is 4.11. The van der Waals surface area contributed by atoms with E-state index in [2.05, 4.69) is 0 Å². The van der Waals surface area contributed by atoms with Gasteiger partial charge in [0, 0.05) is 6.07 Å². The third-order valence-electron chi connectivity index (χ3n) is 4.11. The number of hydrogen-bond donors (Lipinski definition) is 1. The highest BCUT2D eigenvalue weighted by Crippen LogP contribution is 2.25. The number of hydrogen-bond acceptors (Lipinski definition) is 5. The summed E-state index contributed by atoms with van der Waals surface area (Å²) < 4.78 is 16.7. The van der Waals surface area contributed by atoms with Gasteiger partial charge in [0.05, 0.1) is 10.8 Å². The fraction of sp³-hybridized carbons (Fsp3) is 0.238. The average molecular weight is 368 g/mol. The van der Waals surface area contributed by atoms with Gasteiger partial charge in [-0.05, 0) is 50.6 Å². The maximum atomic E-state index is 12.6. The van der Waals surface area contributed by atoms with Crippen molar-refractivity contribution in [2.24, 2.45) is 5.41 Å². The molecule has 0 aliphatic rings. The van der Waals surface area contributed by atoms with Gasteiger partial charge in [0.2, 0.25) is 11.2 Å². The minimum Gasteiger partial charge on any atom is -0.492 e. The summed E-state index contributed by atoms with van der Waals surface area (Å²) in [6, 6.07) is 12.1. The van der Waals surface area contributed by atoms with E-state index in [1.807, 2.05) is 25.1 Å². The second kappa shape index (κ2) is 7.15. The molecule has 2 aromatic carbocycles. The van der Waals surface area contributed by atoms with E-state index in [9.17, 15) is 9.59 Å². The van der Waals surface area contributed by atoms with Crippen molar-refractivity contribution in [2.45, 2.75) is 20.8 Å². The lowest BCUT2D eigenvalue weighted by Crippen LogP contribution is -2.30. The highest BCUT2D eigenvalue weighted by Gasteiger charge is 2.28. The number of aryl methyl sites for hydroxylation is 1. The number of fused-ring (bicyclic) bond motifs is 1. The van der Waals surface area contributed by atoms with Crippen molar-refractivity contribution in [1.82, 2.24) is 0 Å². The number of ether oxygens (including phenoxy) is 2. The number of carbonyl (C=O) groups is 1. The second-order valence-corrected chi connectivity index (χ2v) is 6.98. The highest BCUT2D eigenvalue weighted by molar-refractivity contribution is 5.79. The Morgan fingerprint density at radius 3 is 2.63 bits per heavy atom. The Bertz CT molecular complexity index is 1050. The summed E-state index contributed by atoms with van der Waals surface area (Å²) in [6.45, 7) is 5.08. The van der Waals surface area contributed by atoms with Crippen LogP contribution in [0.4, 0.5) is 0 Å². The highest BCUT2D eigenvalue weighted by atomic mass is 16.5. The lowest BCUT2D eigenvalue weighted by molar-refractivity contribution is -0.148. The molecule has 1 N–H and O–H groups in total. The van der Waals surface area contributed by atoms with Crippen molar-refractivity contribution >= 4 is 16.9 Å². The molecule has 0 unspecified atom stereocenters. The van der Waals surface area contributed by atoms with Gasteiger partial charge >= 0.3 is 5.97 Å². The van der Waals surface area contributed by atoms with Crippen LogP contribution in [0.5, 0.6) is 17.2 Å². The molecule has 0 amide bonds. The van der Waals surface area contributed by atoms with Crippen LogP contribution in [0.3, 0.4) is 0 Å². The smallest absolute Gasteiger partial charge is 0.312 e. The van der Waals surface area contributed by atoms with Crippen LogP contribution in [0, 0.1) is 12.3 Å². The summed E-state index contributed by atoms with van der Waals surface area (Å²) in [5.74, 6) is 0.117. The first-order chi connectivity index (χ1) is 12.8. The normalized spacial score (nSPS) is 11.4. The quantitative estimate of drug-likeness (QED) is 0.695. The van der Waals surface area contributed by atoms with E-state index in [1.54, 1.807) is 38.1 Å². The number of rotatable bonds is 6. The summed E-state index contributed by atoms with van der Waals surface area (Å²) in [6.07, 6.45) is 1.26. The maximum absolute atomic E-state index is 12.6. The number of aliphatic carboxylic acids is 1. The second-order valence-electron chi connectivity index (χ2n) is 6.98. The lowest BCUT2D eigenvalue weighted by atomic mass is 9.95. The molecule has 0 saturated carbocycles. The van der Waals surface area contributed by atoms with Crippen LogP contribution in [-0.4, -0.2) is 17.7 Å². The topological polar surface area (TPSA) is 86.0 Å². The van der Waals surface area contributed by atoms with Gasteiger partial charge < -0.3 is 19.0 Å². The number of carboxylic acid groups (broad SMARTS) is 1. The van der Waals surface area contributed by atoms with Crippen molar-refractivity contribution in [3.05, 3.63) is 64.5 Å². The van der Waals surface area contributed by atoms with Crippen LogP contribution >= 0.6 is 0 Å². The Morgan fingerprint density at radius 1 is 1.15 bits per heavy atom. The zero-order chi connectivity index (χ0) is 19.6. The zero-order valence-electron chi connectivity index (χ0n) is 15.3. The van der Waals surface area contributed by atoms with Gasteiger partial charge in [-0.3, -0.25) is 9.59 Å². The molecule has 6 heteroatoms. The van der Waals surface area contributed by atoms with Crippen molar-refractivity contribution in [2.75, 3.05) is 6.61 Å². The molecule has 0 atom stereocenters. The van der Waals surface area contributed by atoms with Gasteiger partial charge in [0.1, 0.15) is 30.0 Å². The molecule has 1 heterocycles. The molecule has 0 radical (unpaired) electrons. The SMILES string of the molecule is Cc1cccc(Oc2coc3cc(OCC(C)(C)C(=O)O)ccc3c2=O)c1. The minimum absolute atomic E-state index is 0.00732. The van der Waals surface area contributed by atoms with Gasteiger partial charge in [-0.1, -0.05) is 12.1 Å². The summed E-state index contributed by atoms with van der Waals surface area (Å²) in [4.78, 5) is 23.8. The molecule has 0 saturated heterocycles. The van der Waals surface area contributed by atoms with E-state index in [-0.39, 0.29) is 17.8 Å². The average Bonchev–Trinajstić information content (AvgIpc) is 2.62. The van der Waals surface area contributed by atoms with E-state index in [4.69, 9.17) is 19.0 Å². The van der Waals surface area contributed by atoms with E-state index in [1.165, 1.54) is 6.26 Å². The summed E-state index contributed by atoms with van der Waals surface area (Å²) >= 11 is 0. The van der Waals surface area contributed by atoms with Crippen LogP contribution < -0.4 is 14.9 Å². The molecule has 6 nitrogen and oxygen atoms in total. The lowest BCUT2D eigenvalue weighted by Gasteiger charge is -2.19. The Hall–Kier alpha value is -3.28. The Morgan fingerprint density at radius 2 is 1.93 bits per heavy atom. The molecule has 0 aliphatic carbocycles. The Labute approximate surface area is 156 Å². The van der Waals surface area contributed by atoms with Gasteiger partial charge in [-0.2, -0.15) is 0 Å². The van der Waals surface area contributed by atoms with Gasteiger partial charge in [-0.25, -0.2) is 0 Å². The summed E-state index contributed by atoms with van der Waals surface area (Å²) in [7, 11) is 0. The number of carboxylic acids is 1. The van der Waals surface area contributed by atoms with E-state index in [0.29, 0.717) is 22.5 Å². The zero-order valence-corrected chi connectivity index (χ0v) is 15.3. The molecule has 0 aliphatic heterocycles. The van der Waals surface area contributed by atoms with Crippen molar-refractivity contribution in [3.63, 3.8) is 0 Å². The summed E-state index contributed by atoms with van der Waals surface area (Å²) in [5, 5.41) is 9.49. The molecule has 0 bridgehead atoms. The fourth-order valence-electron chi connectivity index (χ4n) is 2.38. The van der Waals surface area contributed by atoms with Crippen LogP contribution in [-0.2, 0) is 4.79 Å². The van der Waals surface area contributed by atoms with Crippen molar-refractivity contribution in [1.29, 1.82) is 0 Å². The number of benzene rings is 2. The molecular weight excluding hydrogens is 348 g/mol. The Balaban J connectivity index is 1.85. The Kier molecular flexibility index (Phi) is 4.90. The molecule has 3 aromatic rings. The van der Waals surface area contributed by atoms with E-state index < -0.39 is 11.4 Å². The molecule has 1 aromatic heterocycles. The minimum atomic E-state index is -1.03. The molecule has 27 heavy (non-hydrogen) atoms. The maximum Gasteiger partial charge on any atom is 0.312 e. The van der Waals surface area contributed by atoms with Crippen molar-refractivity contribution in [3.8, 4) is 17.2 Å². The molecule has 140 valence electrons. The predicted molar refractivity (Wildman–Crippen MR) is 101 cm³/mol. The largest absolute Gasteiger partial charge is 0.492 e. The molecule has 3 rings (SSSR count). The standard InChI is InChI=1S/C21H20O6/c1-13-5-4-6-15(9-13)27-18-11-25-17-10-14(7-8-16(17)19(18)22)26-12-21(2,3)20(23)24/h4-11H,12H2,1-3H3,(H,23,24). The van der Waals surface area contributed by atoms with Crippen LogP contribution in [0.2, 0.25) is 0 Å². The first-order valence-corrected chi connectivity index (χ1v) is 8.42. The third kappa shape index (κ3) is 4.11. The van der Waals surface area contributed by atoms with Crippen LogP contribution in [0.25, 0.3) is 11.0 Å². The first-order valence-electron chi connectivity index (χ1n) is 8.42. The fourth-order valence-corrected chi connectivity index (χ4v) is 2.38. The molecular formula is C21H20O6. The molecule has 0 spiro atoms. The van der Waals surface area contributed by atoms with Gasteiger partial charge in [-0.15, -0.1) is 0 Å². The monoisotopic (exact) mass is 368 g/mol. The molecule has 0 fully saturated rings. The van der Waals surface area contributed by atoms with E-state index in [0.717, 1.165) is 5.56 Å². The van der Waals surface area contributed by atoms with Crippen LogP contribution in [0.1, 0.15) is 19.4 Å².